The third kappa shape index (κ3) is 2.46. The molecule has 2 aliphatic heterocycles. The van der Waals surface area contributed by atoms with Crippen LogP contribution in [0.2, 0.25) is 0 Å². The molecule has 1 saturated carbocycles. The van der Waals surface area contributed by atoms with Gasteiger partial charge >= 0.3 is 0 Å². The maximum absolute atomic E-state index is 13.7. The lowest BCUT2D eigenvalue weighted by molar-refractivity contribution is -0.152. The molecule has 2 N–H and O–H groups in total. The number of rotatable bonds is 2. The van der Waals surface area contributed by atoms with Crippen LogP contribution in [0.4, 0.5) is 4.39 Å². The van der Waals surface area contributed by atoms with Crippen LogP contribution in [0.5, 0.6) is 0 Å². The van der Waals surface area contributed by atoms with E-state index in [1.54, 1.807) is 6.07 Å². The topological polar surface area (TPSA) is 52.6 Å². The number of hydrogen-bond acceptors (Lipinski definition) is 3. The zero-order valence-electron chi connectivity index (χ0n) is 13.2. The number of nitrogens with one attached hydrogen (secondary N) is 1. The molecule has 1 amide bonds. The van der Waals surface area contributed by atoms with Gasteiger partial charge in [-0.15, -0.1) is 0 Å². The van der Waals surface area contributed by atoms with Crippen molar-refractivity contribution < 1.29 is 14.3 Å². The van der Waals surface area contributed by atoms with E-state index in [-0.39, 0.29) is 17.8 Å². The lowest BCUT2D eigenvalue weighted by atomic mass is 9.89. The van der Waals surface area contributed by atoms with Crippen LogP contribution in [0, 0.1) is 17.7 Å². The number of hydrogen-bond donors (Lipinski definition) is 2. The van der Waals surface area contributed by atoms with Crippen molar-refractivity contribution in [2.45, 2.75) is 37.3 Å². The van der Waals surface area contributed by atoms with Crippen LogP contribution in [0.1, 0.15) is 37.3 Å². The Balaban J connectivity index is 1.68. The van der Waals surface area contributed by atoms with Crippen molar-refractivity contribution in [3.05, 3.63) is 35.6 Å². The number of halogens is 1. The Hall–Kier alpha value is -1.46. The highest BCUT2D eigenvalue weighted by atomic mass is 19.1. The SMILES string of the molecule is O=C(N1C[C@@H]2CNC[C@@H]2[C@@H]1c1cccc(F)c1)C1(O)CCCC1. The largest absolute Gasteiger partial charge is 0.380 e. The second kappa shape index (κ2) is 5.56. The first-order chi connectivity index (χ1) is 11.1. The average Bonchev–Trinajstić information content (AvgIpc) is 3.21. The predicted molar refractivity (Wildman–Crippen MR) is 84.1 cm³/mol. The van der Waals surface area contributed by atoms with Gasteiger partial charge in [-0.1, -0.05) is 12.1 Å². The van der Waals surface area contributed by atoms with Gasteiger partial charge in [-0.05, 0) is 49.3 Å². The van der Waals surface area contributed by atoms with Gasteiger partial charge in [-0.3, -0.25) is 4.79 Å². The Kier molecular flexibility index (Phi) is 3.65. The van der Waals surface area contributed by atoms with Gasteiger partial charge in [0.15, 0.2) is 0 Å². The molecule has 2 saturated heterocycles. The lowest BCUT2D eigenvalue weighted by Crippen LogP contribution is -2.48. The van der Waals surface area contributed by atoms with Gasteiger partial charge in [0.05, 0.1) is 6.04 Å². The van der Waals surface area contributed by atoms with Crippen molar-refractivity contribution in [2.24, 2.45) is 11.8 Å². The highest BCUT2D eigenvalue weighted by molar-refractivity contribution is 5.86. The molecular weight excluding hydrogens is 295 g/mol. The molecule has 0 aromatic heterocycles. The normalized spacial score (nSPS) is 32.3. The van der Waals surface area contributed by atoms with Gasteiger partial charge in [0, 0.05) is 25.6 Å². The molecule has 3 aliphatic rings. The van der Waals surface area contributed by atoms with E-state index in [0.717, 1.165) is 31.5 Å². The Morgan fingerprint density at radius 2 is 2.09 bits per heavy atom. The number of likely N-dealkylation sites (tertiary alicyclic amines) is 1. The van der Waals surface area contributed by atoms with Crippen LogP contribution >= 0.6 is 0 Å². The molecule has 3 atom stereocenters. The predicted octanol–water partition coefficient (Wildman–Crippen LogP) is 1.85. The minimum absolute atomic E-state index is 0.136. The van der Waals surface area contributed by atoms with E-state index < -0.39 is 5.60 Å². The van der Waals surface area contributed by atoms with Gasteiger partial charge < -0.3 is 15.3 Å². The van der Waals surface area contributed by atoms with Crippen molar-refractivity contribution in [1.82, 2.24) is 10.2 Å². The molecule has 2 heterocycles. The van der Waals surface area contributed by atoms with E-state index in [1.807, 2.05) is 11.0 Å². The van der Waals surface area contributed by atoms with Crippen molar-refractivity contribution in [3.8, 4) is 0 Å². The molecule has 1 aliphatic carbocycles. The van der Waals surface area contributed by atoms with Crippen molar-refractivity contribution in [2.75, 3.05) is 19.6 Å². The highest BCUT2D eigenvalue weighted by Crippen LogP contribution is 2.45. The van der Waals surface area contributed by atoms with Gasteiger partial charge in [0.1, 0.15) is 11.4 Å². The van der Waals surface area contributed by atoms with E-state index in [9.17, 15) is 14.3 Å². The Morgan fingerprint density at radius 3 is 2.83 bits per heavy atom. The first-order valence-corrected chi connectivity index (χ1v) is 8.58. The first-order valence-electron chi connectivity index (χ1n) is 8.58. The monoisotopic (exact) mass is 318 g/mol. The molecule has 23 heavy (non-hydrogen) atoms. The molecule has 0 radical (unpaired) electrons. The van der Waals surface area contributed by atoms with Crippen LogP contribution in [0.3, 0.4) is 0 Å². The fraction of sp³-hybridized carbons (Fsp3) is 0.611. The fourth-order valence-electron chi connectivity index (χ4n) is 4.69. The molecule has 4 nitrogen and oxygen atoms in total. The maximum Gasteiger partial charge on any atom is 0.255 e. The van der Waals surface area contributed by atoms with Gasteiger partial charge in [0.25, 0.3) is 5.91 Å². The molecular formula is C18H23FN2O2. The molecule has 1 aromatic carbocycles. The standard InChI is InChI=1S/C18H23FN2O2/c19-14-5-3-4-12(8-14)16-15-10-20-9-13(15)11-21(16)17(22)18(23)6-1-2-7-18/h3-5,8,13,15-16,20,23H,1-2,6-7,9-11H2/t13-,15-,16-/m0/s1. The quantitative estimate of drug-likeness (QED) is 0.875. The number of aliphatic hydroxyl groups is 1. The number of amides is 1. The number of nitrogens with zero attached hydrogens (tertiary/aromatic N) is 1. The average molecular weight is 318 g/mol. The number of carbonyl (C=O) groups is 1. The van der Waals surface area contributed by atoms with Crippen LogP contribution in [-0.2, 0) is 4.79 Å². The summed E-state index contributed by atoms with van der Waals surface area (Å²) in [5.74, 6) is 0.255. The Morgan fingerprint density at radius 1 is 1.30 bits per heavy atom. The van der Waals surface area contributed by atoms with Crippen molar-refractivity contribution in [1.29, 1.82) is 0 Å². The number of fused-ring (bicyclic) bond motifs is 1. The number of carbonyl (C=O) groups excluding carboxylic acids is 1. The Labute approximate surface area is 135 Å². The summed E-state index contributed by atoms with van der Waals surface area (Å²) in [5.41, 5.74) is -0.367. The summed E-state index contributed by atoms with van der Waals surface area (Å²) >= 11 is 0. The zero-order valence-corrected chi connectivity index (χ0v) is 13.2. The molecule has 5 heteroatoms. The molecule has 3 fully saturated rings. The Bertz CT molecular complexity index is 615. The second-order valence-corrected chi connectivity index (χ2v) is 7.28. The van der Waals surface area contributed by atoms with Crippen LogP contribution < -0.4 is 5.32 Å². The molecule has 1 aromatic rings. The smallest absolute Gasteiger partial charge is 0.255 e. The van der Waals surface area contributed by atoms with Crippen LogP contribution in [0.25, 0.3) is 0 Å². The van der Waals surface area contributed by atoms with Gasteiger partial charge in [0.2, 0.25) is 0 Å². The van der Waals surface area contributed by atoms with Gasteiger partial charge in [-0.2, -0.15) is 0 Å². The highest BCUT2D eigenvalue weighted by Gasteiger charge is 2.51. The van der Waals surface area contributed by atoms with E-state index in [0.29, 0.717) is 31.2 Å². The van der Waals surface area contributed by atoms with E-state index >= 15 is 0 Å². The first kappa shape index (κ1) is 15.1. The minimum Gasteiger partial charge on any atom is -0.380 e. The van der Waals surface area contributed by atoms with Crippen molar-refractivity contribution >= 4 is 5.91 Å². The lowest BCUT2D eigenvalue weighted by Gasteiger charge is -2.34. The summed E-state index contributed by atoms with van der Waals surface area (Å²) in [6.07, 6.45) is 2.89. The third-order valence-electron chi connectivity index (χ3n) is 5.84. The summed E-state index contributed by atoms with van der Waals surface area (Å²) < 4.78 is 13.7. The van der Waals surface area contributed by atoms with E-state index in [1.165, 1.54) is 12.1 Å². The molecule has 124 valence electrons. The van der Waals surface area contributed by atoms with Crippen LogP contribution in [-0.4, -0.2) is 41.1 Å². The summed E-state index contributed by atoms with van der Waals surface area (Å²) in [4.78, 5) is 14.9. The molecule has 0 bridgehead atoms. The van der Waals surface area contributed by atoms with E-state index in [4.69, 9.17) is 0 Å². The second-order valence-electron chi connectivity index (χ2n) is 7.28. The van der Waals surface area contributed by atoms with Crippen LogP contribution in [0.15, 0.2) is 24.3 Å². The molecule has 0 spiro atoms. The summed E-state index contributed by atoms with van der Waals surface area (Å²) in [7, 11) is 0. The third-order valence-corrected chi connectivity index (χ3v) is 5.84. The molecule has 0 unspecified atom stereocenters. The summed E-state index contributed by atoms with van der Waals surface area (Å²) in [5, 5.41) is 14.1. The summed E-state index contributed by atoms with van der Waals surface area (Å²) in [6, 6.07) is 6.42. The zero-order chi connectivity index (χ0) is 16.0. The summed E-state index contributed by atoms with van der Waals surface area (Å²) in [6.45, 7) is 2.38. The van der Waals surface area contributed by atoms with Gasteiger partial charge in [-0.25, -0.2) is 4.39 Å². The molecule has 4 rings (SSSR count). The minimum atomic E-state index is -1.21. The van der Waals surface area contributed by atoms with E-state index in [2.05, 4.69) is 5.32 Å². The van der Waals surface area contributed by atoms with Crippen molar-refractivity contribution in [3.63, 3.8) is 0 Å². The maximum atomic E-state index is 13.7. The number of benzene rings is 1. The fourth-order valence-corrected chi connectivity index (χ4v) is 4.69.